The number of ether oxygens (including phenoxy) is 1. The van der Waals surface area contributed by atoms with Gasteiger partial charge in [-0.3, -0.25) is 0 Å². The smallest absolute Gasteiger partial charge is 0.0576 e. The predicted molar refractivity (Wildman–Crippen MR) is 81.3 cm³/mol. The van der Waals surface area contributed by atoms with Crippen LogP contribution in [0.2, 0.25) is 0 Å². The van der Waals surface area contributed by atoms with Gasteiger partial charge in [0.05, 0.1) is 6.10 Å². The molecule has 2 unspecified atom stereocenters. The third kappa shape index (κ3) is 4.05. The van der Waals surface area contributed by atoms with Gasteiger partial charge >= 0.3 is 0 Å². The highest BCUT2D eigenvalue weighted by molar-refractivity contribution is 9.10. The first-order chi connectivity index (χ1) is 8.81. The highest BCUT2D eigenvalue weighted by atomic mass is 79.9. The maximum atomic E-state index is 5.68. The molecule has 1 aromatic heterocycles. The lowest BCUT2D eigenvalue weighted by Crippen LogP contribution is -2.20. The molecule has 1 saturated heterocycles. The van der Waals surface area contributed by atoms with Crippen LogP contribution in [-0.4, -0.2) is 19.3 Å². The molecule has 4 heteroatoms. The molecule has 2 heterocycles. The fourth-order valence-electron chi connectivity index (χ4n) is 2.55. The standard InChI is InChI=1S/C14H22BrNOS/c1-2-16-13(14-12(15)8-10-18-14)7-3-5-11-6-4-9-17-11/h8,10-11,13,16H,2-7,9H2,1H3. The van der Waals surface area contributed by atoms with E-state index in [2.05, 4.69) is 39.6 Å². The second kappa shape index (κ2) is 7.63. The Bertz CT molecular complexity index is 349. The van der Waals surface area contributed by atoms with E-state index in [1.165, 1.54) is 41.5 Å². The summed E-state index contributed by atoms with van der Waals surface area (Å²) in [5.74, 6) is 0. The number of thiophene rings is 1. The Labute approximate surface area is 122 Å². The van der Waals surface area contributed by atoms with Crippen molar-refractivity contribution < 1.29 is 4.74 Å². The van der Waals surface area contributed by atoms with Crippen molar-refractivity contribution in [2.45, 2.75) is 51.2 Å². The largest absolute Gasteiger partial charge is 0.378 e. The molecule has 0 aromatic carbocycles. The van der Waals surface area contributed by atoms with Crippen LogP contribution in [0.1, 0.15) is 49.9 Å². The molecule has 0 saturated carbocycles. The second-order valence-electron chi connectivity index (χ2n) is 4.81. The van der Waals surface area contributed by atoms with Gasteiger partial charge in [-0.05, 0) is 66.0 Å². The minimum absolute atomic E-state index is 0.491. The number of rotatable bonds is 7. The van der Waals surface area contributed by atoms with E-state index in [0.717, 1.165) is 13.2 Å². The molecule has 2 atom stereocenters. The number of nitrogens with one attached hydrogen (secondary N) is 1. The van der Waals surface area contributed by atoms with Crippen molar-refractivity contribution in [3.8, 4) is 0 Å². The van der Waals surface area contributed by atoms with Crippen molar-refractivity contribution in [2.75, 3.05) is 13.2 Å². The Kier molecular flexibility index (Phi) is 6.15. The molecular formula is C14H22BrNOS. The Balaban J connectivity index is 1.80. The van der Waals surface area contributed by atoms with Crippen LogP contribution in [-0.2, 0) is 4.74 Å². The summed E-state index contributed by atoms with van der Waals surface area (Å²) in [5.41, 5.74) is 0. The topological polar surface area (TPSA) is 21.3 Å². The van der Waals surface area contributed by atoms with Crippen molar-refractivity contribution in [3.05, 3.63) is 20.8 Å². The zero-order valence-electron chi connectivity index (χ0n) is 11.0. The van der Waals surface area contributed by atoms with Crippen LogP contribution >= 0.6 is 27.3 Å². The fourth-order valence-corrected chi connectivity index (χ4v) is 4.31. The third-order valence-electron chi connectivity index (χ3n) is 3.45. The third-order valence-corrected chi connectivity index (χ3v) is 5.44. The molecule has 102 valence electrons. The highest BCUT2D eigenvalue weighted by Crippen LogP contribution is 2.32. The summed E-state index contributed by atoms with van der Waals surface area (Å²) in [4.78, 5) is 1.43. The number of hydrogen-bond donors (Lipinski definition) is 1. The van der Waals surface area contributed by atoms with Crippen LogP contribution in [0.4, 0.5) is 0 Å². The minimum atomic E-state index is 0.491. The van der Waals surface area contributed by atoms with Crippen LogP contribution in [0.3, 0.4) is 0 Å². The monoisotopic (exact) mass is 331 g/mol. The summed E-state index contributed by atoms with van der Waals surface area (Å²) in [7, 11) is 0. The van der Waals surface area contributed by atoms with Gasteiger partial charge in [0.2, 0.25) is 0 Å². The molecule has 1 aliphatic rings. The molecule has 0 spiro atoms. The lowest BCUT2D eigenvalue weighted by Gasteiger charge is -2.18. The van der Waals surface area contributed by atoms with Crippen molar-refractivity contribution in [1.82, 2.24) is 5.32 Å². The molecular weight excluding hydrogens is 310 g/mol. The van der Waals surface area contributed by atoms with Gasteiger partial charge in [0.15, 0.2) is 0 Å². The summed E-state index contributed by atoms with van der Waals surface area (Å²) in [6.45, 7) is 4.17. The lowest BCUT2D eigenvalue weighted by atomic mass is 10.0. The van der Waals surface area contributed by atoms with E-state index in [1.54, 1.807) is 0 Å². The lowest BCUT2D eigenvalue weighted by molar-refractivity contribution is 0.101. The fraction of sp³-hybridized carbons (Fsp3) is 0.714. The molecule has 2 nitrogen and oxygen atoms in total. The van der Waals surface area contributed by atoms with E-state index in [0.29, 0.717) is 12.1 Å². The van der Waals surface area contributed by atoms with E-state index in [-0.39, 0.29) is 0 Å². The van der Waals surface area contributed by atoms with Gasteiger partial charge in [0.25, 0.3) is 0 Å². The Morgan fingerprint density at radius 3 is 3.11 bits per heavy atom. The van der Waals surface area contributed by atoms with Gasteiger partial charge in [0, 0.05) is 22.0 Å². The van der Waals surface area contributed by atoms with Crippen LogP contribution in [0.15, 0.2) is 15.9 Å². The van der Waals surface area contributed by atoms with E-state index in [9.17, 15) is 0 Å². The molecule has 18 heavy (non-hydrogen) atoms. The summed E-state index contributed by atoms with van der Waals surface area (Å²) in [5, 5.41) is 5.75. The summed E-state index contributed by atoms with van der Waals surface area (Å²) in [6.07, 6.45) is 6.69. The Hall–Kier alpha value is 0.100. The molecule has 0 aliphatic carbocycles. The van der Waals surface area contributed by atoms with Gasteiger partial charge in [-0.15, -0.1) is 11.3 Å². The first-order valence-electron chi connectivity index (χ1n) is 6.89. The quantitative estimate of drug-likeness (QED) is 0.793. The van der Waals surface area contributed by atoms with Crippen molar-refractivity contribution >= 4 is 27.3 Å². The summed E-state index contributed by atoms with van der Waals surface area (Å²) >= 11 is 5.48. The molecule has 1 aromatic rings. The van der Waals surface area contributed by atoms with Crippen LogP contribution in [0.5, 0.6) is 0 Å². The number of halogens is 1. The van der Waals surface area contributed by atoms with E-state index in [1.807, 2.05) is 11.3 Å². The first-order valence-corrected chi connectivity index (χ1v) is 8.56. The molecule has 0 bridgehead atoms. The molecule has 0 amide bonds. The van der Waals surface area contributed by atoms with Crippen LogP contribution < -0.4 is 5.32 Å². The van der Waals surface area contributed by atoms with E-state index >= 15 is 0 Å². The van der Waals surface area contributed by atoms with Gasteiger partial charge in [-0.25, -0.2) is 0 Å². The van der Waals surface area contributed by atoms with Gasteiger partial charge in [-0.1, -0.05) is 6.92 Å². The van der Waals surface area contributed by atoms with Crippen molar-refractivity contribution in [1.29, 1.82) is 0 Å². The van der Waals surface area contributed by atoms with Crippen LogP contribution in [0.25, 0.3) is 0 Å². The normalized spacial score (nSPS) is 21.3. The molecule has 1 aliphatic heterocycles. The van der Waals surface area contributed by atoms with Crippen molar-refractivity contribution in [3.63, 3.8) is 0 Å². The second-order valence-corrected chi connectivity index (χ2v) is 6.61. The first kappa shape index (κ1) is 14.5. The summed E-state index contributed by atoms with van der Waals surface area (Å²) < 4.78 is 6.93. The zero-order chi connectivity index (χ0) is 12.8. The zero-order valence-corrected chi connectivity index (χ0v) is 13.4. The summed E-state index contributed by atoms with van der Waals surface area (Å²) in [6, 6.07) is 2.63. The van der Waals surface area contributed by atoms with Gasteiger partial charge < -0.3 is 10.1 Å². The molecule has 1 fully saturated rings. The van der Waals surface area contributed by atoms with Crippen molar-refractivity contribution in [2.24, 2.45) is 0 Å². The van der Waals surface area contributed by atoms with E-state index < -0.39 is 0 Å². The Morgan fingerprint density at radius 2 is 2.50 bits per heavy atom. The number of hydrogen-bond acceptors (Lipinski definition) is 3. The SMILES string of the molecule is CCNC(CCCC1CCCO1)c1sccc1Br. The highest BCUT2D eigenvalue weighted by Gasteiger charge is 2.18. The van der Waals surface area contributed by atoms with E-state index in [4.69, 9.17) is 4.74 Å². The van der Waals surface area contributed by atoms with Gasteiger partial charge in [0.1, 0.15) is 0 Å². The molecule has 2 rings (SSSR count). The average Bonchev–Trinajstić information content (AvgIpc) is 2.99. The van der Waals surface area contributed by atoms with Gasteiger partial charge in [-0.2, -0.15) is 0 Å². The molecule has 0 radical (unpaired) electrons. The average molecular weight is 332 g/mol. The van der Waals surface area contributed by atoms with Crippen LogP contribution in [0, 0.1) is 0 Å². The Morgan fingerprint density at radius 1 is 1.61 bits per heavy atom. The maximum absolute atomic E-state index is 5.68. The molecule has 1 N–H and O–H groups in total. The maximum Gasteiger partial charge on any atom is 0.0576 e. The minimum Gasteiger partial charge on any atom is -0.378 e. The predicted octanol–water partition coefficient (Wildman–Crippen LogP) is 4.51.